The molecule has 0 amide bonds. The van der Waals surface area contributed by atoms with E-state index in [0.717, 1.165) is 19.0 Å². The Morgan fingerprint density at radius 3 is 2.50 bits per heavy atom. The molecule has 0 unspecified atom stereocenters. The molecule has 114 valence electrons. The number of thiophene rings is 1. The van der Waals surface area contributed by atoms with Gasteiger partial charge in [-0.1, -0.05) is 27.7 Å². The lowest BCUT2D eigenvalue weighted by molar-refractivity contribution is 0.208. The zero-order valence-electron chi connectivity index (χ0n) is 13.5. The highest BCUT2D eigenvalue weighted by atomic mass is 32.1. The minimum Gasteiger partial charge on any atom is -0.317 e. The summed E-state index contributed by atoms with van der Waals surface area (Å²) in [4.78, 5) is 5.64. The van der Waals surface area contributed by atoms with Crippen LogP contribution < -0.4 is 5.32 Å². The van der Waals surface area contributed by atoms with E-state index < -0.39 is 0 Å². The zero-order valence-corrected chi connectivity index (χ0v) is 14.4. The molecule has 1 N–H and O–H groups in total. The molecule has 20 heavy (non-hydrogen) atoms. The van der Waals surface area contributed by atoms with Crippen LogP contribution in [-0.2, 0) is 12.0 Å². The maximum absolute atomic E-state index is 3.46. The van der Waals surface area contributed by atoms with Crippen LogP contribution in [-0.4, -0.2) is 31.1 Å². The molecule has 1 aliphatic heterocycles. The van der Waals surface area contributed by atoms with Gasteiger partial charge in [0, 0.05) is 22.8 Å². The van der Waals surface area contributed by atoms with E-state index >= 15 is 0 Å². The molecule has 1 aromatic heterocycles. The van der Waals surface area contributed by atoms with Crippen LogP contribution in [0.2, 0.25) is 0 Å². The highest BCUT2D eigenvalue weighted by molar-refractivity contribution is 7.12. The summed E-state index contributed by atoms with van der Waals surface area (Å²) < 4.78 is 0. The summed E-state index contributed by atoms with van der Waals surface area (Å²) >= 11 is 1.99. The molecular formula is C17H30N2S. The second kappa shape index (κ2) is 7.06. The molecule has 2 nitrogen and oxygen atoms in total. The largest absolute Gasteiger partial charge is 0.317 e. The summed E-state index contributed by atoms with van der Waals surface area (Å²) in [5.41, 5.74) is 0.287. The first-order valence-electron chi connectivity index (χ1n) is 8.01. The second-order valence-electron chi connectivity index (χ2n) is 7.04. The minimum absolute atomic E-state index is 0.287. The lowest BCUT2D eigenvalue weighted by atomic mass is 9.95. The van der Waals surface area contributed by atoms with Gasteiger partial charge in [-0.2, -0.15) is 0 Å². The zero-order chi connectivity index (χ0) is 14.6. The quantitative estimate of drug-likeness (QED) is 0.887. The topological polar surface area (TPSA) is 15.3 Å². The minimum atomic E-state index is 0.287. The molecule has 3 heteroatoms. The number of rotatable bonds is 5. The van der Waals surface area contributed by atoms with Gasteiger partial charge in [-0.25, -0.2) is 0 Å². The molecule has 0 spiro atoms. The van der Waals surface area contributed by atoms with Gasteiger partial charge in [0.15, 0.2) is 0 Å². The van der Waals surface area contributed by atoms with Crippen LogP contribution in [0.1, 0.15) is 50.3 Å². The van der Waals surface area contributed by atoms with Crippen LogP contribution in [0.5, 0.6) is 0 Å². The van der Waals surface area contributed by atoms with Crippen molar-refractivity contribution in [2.45, 2.75) is 52.5 Å². The first-order chi connectivity index (χ1) is 9.49. The van der Waals surface area contributed by atoms with Crippen molar-refractivity contribution in [2.75, 3.05) is 26.2 Å². The van der Waals surface area contributed by atoms with Crippen LogP contribution in [0.15, 0.2) is 12.1 Å². The SMILES string of the molecule is CCN(Cc1ccc(C(C)(C)C)s1)CC1CCNCC1. The second-order valence-corrected chi connectivity index (χ2v) is 8.21. The van der Waals surface area contributed by atoms with Crippen LogP contribution in [0.4, 0.5) is 0 Å². The summed E-state index contributed by atoms with van der Waals surface area (Å²) in [6.45, 7) is 15.2. The molecule has 0 aromatic carbocycles. The van der Waals surface area contributed by atoms with Crippen LogP contribution >= 0.6 is 11.3 Å². The average Bonchev–Trinajstić information content (AvgIpc) is 2.87. The van der Waals surface area contributed by atoms with Crippen LogP contribution in [0.25, 0.3) is 0 Å². The van der Waals surface area contributed by atoms with E-state index in [1.807, 2.05) is 11.3 Å². The van der Waals surface area contributed by atoms with Gasteiger partial charge >= 0.3 is 0 Å². The fraction of sp³-hybridized carbons (Fsp3) is 0.765. The fourth-order valence-corrected chi connectivity index (χ4v) is 3.93. The Labute approximate surface area is 128 Å². The highest BCUT2D eigenvalue weighted by Crippen LogP contribution is 2.30. The molecule has 1 saturated heterocycles. The maximum atomic E-state index is 3.46. The Bertz CT molecular complexity index is 399. The van der Waals surface area contributed by atoms with Gasteiger partial charge in [-0.05, 0) is 55.9 Å². The van der Waals surface area contributed by atoms with Gasteiger partial charge in [-0.15, -0.1) is 11.3 Å². The van der Waals surface area contributed by atoms with E-state index in [1.54, 1.807) is 0 Å². The van der Waals surface area contributed by atoms with Gasteiger partial charge in [0.05, 0.1) is 0 Å². The summed E-state index contributed by atoms with van der Waals surface area (Å²) in [7, 11) is 0. The molecule has 0 saturated carbocycles. The lowest BCUT2D eigenvalue weighted by Crippen LogP contribution is -2.35. The first kappa shape index (κ1) is 16.0. The third-order valence-corrected chi connectivity index (χ3v) is 5.70. The average molecular weight is 295 g/mol. The van der Waals surface area contributed by atoms with E-state index in [0.29, 0.717) is 0 Å². The van der Waals surface area contributed by atoms with E-state index in [-0.39, 0.29) is 5.41 Å². The Balaban J connectivity index is 1.90. The summed E-state index contributed by atoms with van der Waals surface area (Å²) in [5, 5.41) is 3.46. The molecule has 0 aliphatic carbocycles. The monoisotopic (exact) mass is 294 g/mol. The third-order valence-electron chi connectivity index (χ3n) is 4.20. The smallest absolute Gasteiger partial charge is 0.0328 e. The van der Waals surface area contributed by atoms with Crippen molar-refractivity contribution >= 4 is 11.3 Å². The highest BCUT2D eigenvalue weighted by Gasteiger charge is 2.19. The summed E-state index contributed by atoms with van der Waals surface area (Å²) in [6, 6.07) is 4.65. The van der Waals surface area contributed by atoms with Crippen molar-refractivity contribution in [3.8, 4) is 0 Å². The number of nitrogens with zero attached hydrogens (tertiary/aromatic N) is 1. The van der Waals surface area contributed by atoms with E-state index in [9.17, 15) is 0 Å². The first-order valence-corrected chi connectivity index (χ1v) is 8.83. The van der Waals surface area contributed by atoms with Crippen molar-refractivity contribution in [1.29, 1.82) is 0 Å². The van der Waals surface area contributed by atoms with Gasteiger partial charge in [0.25, 0.3) is 0 Å². The van der Waals surface area contributed by atoms with Crippen LogP contribution in [0.3, 0.4) is 0 Å². The van der Waals surface area contributed by atoms with Gasteiger partial charge in [-0.3, -0.25) is 4.90 Å². The van der Waals surface area contributed by atoms with Crippen molar-refractivity contribution in [3.63, 3.8) is 0 Å². The van der Waals surface area contributed by atoms with Crippen molar-refractivity contribution in [1.82, 2.24) is 10.2 Å². The summed E-state index contributed by atoms with van der Waals surface area (Å²) in [6.07, 6.45) is 2.68. The predicted octanol–water partition coefficient (Wildman–Crippen LogP) is 3.87. The molecule has 0 radical (unpaired) electrons. The Hall–Kier alpha value is -0.380. The third kappa shape index (κ3) is 4.57. The number of piperidine rings is 1. The van der Waals surface area contributed by atoms with E-state index in [1.165, 1.54) is 42.2 Å². The Kier molecular flexibility index (Phi) is 5.65. The molecule has 2 rings (SSSR count). The van der Waals surface area contributed by atoms with Crippen molar-refractivity contribution in [3.05, 3.63) is 21.9 Å². The molecule has 0 bridgehead atoms. The Morgan fingerprint density at radius 2 is 1.95 bits per heavy atom. The van der Waals surface area contributed by atoms with Gasteiger partial charge < -0.3 is 5.32 Å². The van der Waals surface area contributed by atoms with Crippen LogP contribution in [0, 0.1) is 5.92 Å². The van der Waals surface area contributed by atoms with E-state index in [2.05, 4.69) is 50.0 Å². The lowest BCUT2D eigenvalue weighted by Gasteiger charge is -2.29. The molecule has 0 atom stereocenters. The van der Waals surface area contributed by atoms with E-state index in [4.69, 9.17) is 0 Å². The van der Waals surface area contributed by atoms with Gasteiger partial charge in [0.1, 0.15) is 0 Å². The standard InChI is InChI=1S/C17H30N2S/c1-5-19(12-14-8-10-18-11-9-14)13-15-6-7-16(20-15)17(2,3)4/h6-7,14,18H,5,8-13H2,1-4H3. The number of nitrogens with one attached hydrogen (secondary N) is 1. The molecule has 1 aliphatic rings. The van der Waals surface area contributed by atoms with Crippen molar-refractivity contribution < 1.29 is 0 Å². The molecule has 1 aromatic rings. The molecule has 2 heterocycles. The maximum Gasteiger partial charge on any atom is 0.0328 e. The number of hydrogen-bond donors (Lipinski definition) is 1. The van der Waals surface area contributed by atoms with Gasteiger partial charge in [0.2, 0.25) is 0 Å². The predicted molar refractivity (Wildman–Crippen MR) is 89.6 cm³/mol. The fourth-order valence-electron chi connectivity index (χ4n) is 2.82. The summed E-state index contributed by atoms with van der Waals surface area (Å²) in [5.74, 6) is 0.887. The molecule has 1 fully saturated rings. The normalized spacial score (nSPS) is 17.9. The number of hydrogen-bond acceptors (Lipinski definition) is 3. The Morgan fingerprint density at radius 1 is 1.25 bits per heavy atom. The molecular weight excluding hydrogens is 264 g/mol. The van der Waals surface area contributed by atoms with Crippen molar-refractivity contribution in [2.24, 2.45) is 5.92 Å².